The van der Waals surface area contributed by atoms with Crippen LogP contribution in [0.25, 0.3) is 22.8 Å². The van der Waals surface area contributed by atoms with Gasteiger partial charge in [-0.05, 0) is 47.4 Å². The molecule has 32 heavy (non-hydrogen) atoms. The van der Waals surface area contributed by atoms with Crippen LogP contribution in [-0.4, -0.2) is 0 Å². The van der Waals surface area contributed by atoms with E-state index in [9.17, 15) is 35.1 Å². The minimum Gasteiger partial charge on any atom is -0.206 e. The highest BCUT2D eigenvalue weighted by Crippen LogP contribution is 2.37. The Hall–Kier alpha value is -3.16. The van der Waals surface area contributed by atoms with Gasteiger partial charge in [0.2, 0.25) is 0 Å². The highest BCUT2D eigenvalue weighted by molar-refractivity contribution is 5.84. The molecule has 0 aliphatic heterocycles. The molecule has 0 saturated heterocycles. The number of halogens is 8. The van der Waals surface area contributed by atoms with E-state index < -0.39 is 52.0 Å². The van der Waals surface area contributed by atoms with Crippen LogP contribution in [-0.2, 0) is 12.6 Å². The van der Waals surface area contributed by atoms with Crippen molar-refractivity contribution in [3.05, 3.63) is 94.3 Å². The number of alkyl halides is 3. The van der Waals surface area contributed by atoms with Gasteiger partial charge in [-0.1, -0.05) is 43.7 Å². The zero-order valence-corrected chi connectivity index (χ0v) is 16.6. The second-order valence-corrected chi connectivity index (χ2v) is 7.08. The molecule has 8 heteroatoms. The Balaban J connectivity index is 2.00. The minimum absolute atomic E-state index is 0.0839. The summed E-state index contributed by atoms with van der Waals surface area (Å²) in [5.74, 6) is -8.58. The van der Waals surface area contributed by atoms with Crippen LogP contribution in [0.4, 0.5) is 35.1 Å². The monoisotopic (exact) mass is 456 g/mol. The van der Waals surface area contributed by atoms with Crippen LogP contribution in [0.2, 0.25) is 0 Å². The molecule has 0 nitrogen and oxygen atoms in total. The van der Waals surface area contributed by atoms with Crippen molar-refractivity contribution in [2.75, 3.05) is 0 Å². The van der Waals surface area contributed by atoms with Crippen molar-refractivity contribution in [1.82, 2.24) is 0 Å². The average Bonchev–Trinajstić information content (AvgIpc) is 2.72. The Kier molecular flexibility index (Phi) is 6.71. The number of benzene rings is 3. The fourth-order valence-electron chi connectivity index (χ4n) is 3.22. The zero-order valence-electron chi connectivity index (χ0n) is 16.6. The fraction of sp³-hybridized carbons (Fsp3) is 0.167. The molecule has 0 amide bonds. The van der Waals surface area contributed by atoms with Gasteiger partial charge < -0.3 is 0 Å². The van der Waals surface area contributed by atoms with E-state index in [1.807, 2.05) is 6.92 Å². The van der Waals surface area contributed by atoms with Crippen LogP contribution in [0.1, 0.15) is 35.6 Å². The predicted octanol–water partition coefficient (Wildman–Crippen LogP) is 8.51. The average molecular weight is 456 g/mol. The molecule has 168 valence electrons. The smallest absolute Gasteiger partial charge is 0.206 e. The lowest BCUT2D eigenvalue weighted by atomic mass is 9.99. The maximum absolute atomic E-state index is 14.6. The zero-order chi connectivity index (χ0) is 23.6. The quantitative estimate of drug-likeness (QED) is 0.267. The van der Waals surface area contributed by atoms with E-state index in [-0.39, 0.29) is 17.7 Å². The van der Waals surface area contributed by atoms with Crippen molar-refractivity contribution < 1.29 is 35.1 Å². The van der Waals surface area contributed by atoms with Gasteiger partial charge in [0.05, 0.1) is 11.1 Å². The molecule has 3 aromatic carbocycles. The van der Waals surface area contributed by atoms with E-state index in [4.69, 9.17) is 0 Å². The molecular formula is C24H16F8. The fourth-order valence-corrected chi connectivity index (χ4v) is 3.22. The molecule has 0 N–H and O–H groups in total. The maximum Gasteiger partial charge on any atom is 0.419 e. The number of hydrogen-bond acceptors (Lipinski definition) is 0. The summed E-state index contributed by atoms with van der Waals surface area (Å²) in [6.45, 7) is 2.00. The van der Waals surface area contributed by atoms with E-state index in [0.717, 1.165) is 30.5 Å². The molecule has 0 fully saturated rings. The van der Waals surface area contributed by atoms with E-state index in [0.29, 0.717) is 11.6 Å². The molecular weight excluding hydrogens is 440 g/mol. The molecule has 0 radical (unpaired) electrons. The number of aryl methyl sites for hydroxylation is 1. The van der Waals surface area contributed by atoms with Gasteiger partial charge in [0, 0.05) is 5.56 Å². The van der Waals surface area contributed by atoms with Crippen LogP contribution < -0.4 is 0 Å². The summed E-state index contributed by atoms with van der Waals surface area (Å²) in [5, 5.41) is 0. The summed E-state index contributed by atoms with van der Waals surface area (Å²) >= 11 is 0. The number of hydrogen-bond donors (Lipinski definition) is 0. The van der Waals surface area contributed by atoms with Gasteiger partial charge in [-0.2, -0.15) is 13.2 Å². The van der Waals surface area contributed by atoms with E-state index in [2.05, 4.69) is 0 Å². The molecule has 0 aliphatic rings. The summed E-state index contributed by atoms with van der Waals surface area (Å²) in [4.78, 5) is 0. The predicted molar refractivity (Wildman–Crippen MR) is 106 cm³/mol. The SMILES string of the molecule is CCCc1ccc(-c2cc(F)c(/C(F)=C(\F)c3ccc(C(F)(F)F)c(F)c3)c(F)c2)cc1. The van der Waals surface area contributed by atoms with Gasteiger partial charge in [-0.3, -0.25) is 0 Å². The summed E-state index contributed by atoms with van der Waals surface area (Å²) in [6.07, 6.45) is -3.30. The summed E-state index contributed by atoms with van der Waals surface area (Å²) in [7, 11) is 0. The topological polar surface area (TPSA) is 0 Å². The normalized spacial score (nSPS) is 12.7. The largest absolute Gasteiger partial charge is 0.419 e. The van der Waals surface area contributed by atoms with Crippen molar-refractivity contribution in [2.45, 2.75) is 25.9 Å². The molecule has 0 heterocycles. The van der Waals surface area contributed by atoms with Crippen molar-refractivity contribution in [3.8, 4) is 11.1 Å². The molecule has 0 saturated carbocycles. The summed E-state index contributed by atoms with van der Waals surface area (Å²) < 4.78 is 110. The lowest BCUT2D eigenvalue weighted by Gasteiger charge is -2.11. The van der Waals surface area contributed by atoms with Crippen LogP contribution in [0.5, 0.6) is 0 Å². The highest BCUT2D eigenvalue weighted by atomic mass is 19.4. The molecule has 0 atom stereocenters. The highest BCUT2D eigenvalue weighted by Gasteiger charge is 2.34. The third-order valence-corrected chi connectivity index (χ3v) is 4.81. The van der Waals surface area contributed by atoms with Crippen molar-refractivity contribution in [2.24, 2.45) is 0 Å². The Labute approximate surface area is 178 Å². The van der Waals surface area contributed by atoms with Gasteiger partial charge >= 0.3 is 6.18 Å². The third kappa shape index (κ3) is 4.84. The second kappa shape index (κ2) is 9.14. The molecule has 3 rings (SSSR count). The Bertz CT molecular complexity index is 1130. The first kappa shape index (κ1) is 23.5. The molecule has 0 aromatic heterocycles. The second-order valence-electron chi connectivity index (χ2n) is 7.08. The summed E-state index contributed by atoms with van der Waals surface area (Å²) in [6, 6.07) is 9.26. The lowest BCUT2D eigenvalue weighted by Crippen LogP contribution is -2.08. The van der Waals surface area contributed by atoms with E-state index in [1.54, 1.807) is 24.3 Å². The van der Waals surface area contributed by atoms with Gasteiger partial charge in [-0.15, -0.1) is 0 Å². The van der Waals surface area contributed by atoms with Gasteiger partial charge in [0.25, 0.3) is 0 Å². The molecule has 0 bridgehead atoms. The third-order valence-electron chi connectivity index (χ3n) is 4.81. The Morgan fingerprint density at radius 3 is 1.81 bits per heavy atom. The minimum atomic E-state index is -5.04. The molecule has 0 spiro atoms. The van der Waals surface area contributed by atoms with Crippen LogP contribution in [0.3, 0.4) is 0 Å². The van der Waals surface area contributed by atoms with E-state index >= 15 is 0 Å². The van der Waals surface area contributed by atoms with Crippen molar-refractivity contribution in [1.29, 1.82) is 0 Å². The van der Waals surface area contributed by atoms with Crippen molar-refractivity contribution >= 4 is 11.7 Å². The first-order valence-corrected chi connectivity index (χ1v) is 9.54. The maximum atomic E-state index is 14.6. The van der Waals surface area contributed by atoms with Crippen LogP contribution in [0, 0.1) is 17.5 Å². The van der Waals surface area contributed by atoms with E-state index in [1.165, 1.54) is 0 Å². The van der Waals surface area contributed by atoms with Gasteiger partial charge in [0.15, 0.2) is 11.7 Å². The van der Waals surface area contributed by atoms with Crippen molar-refractivity contribution in [3.63, 3.8) is 0 Å². The lowest BCUT2D eigenvalue weighted by molar-refractivity contribution is -0.140. The first-order chi connectivity index (χ1) is 15.0. The van der Waals surface area contributed by atoms with Crippen LogP contribution in [0.15, 0.2) is 54.6 Å². The van der Waals surface area contributed by atoms with Crippen LogP contribution >= 0.6 is 0 Å². The Morgan fingerprint density at radius 1 is 0.719 bits per heavy atom. The number of rotatable bonds is 5. The molecule has 0 aliphatic carbocycles. The van der Waals surface area contributed by atoms with Gasteiger partial charge in [0.1, 0.15) is 17.5 Å². The first-order valence-electron chi connectivity index (χ1n) is 9.54. The Morgan fingerprint density at radius 2 is 1.31 bits per heavy atom. The standard InChI is InChI=1S/C24H16F8/c1-2-3-13-4-6-14(7-5-13)16-11-19(26)21(20(27)12-16)23(29)22(28)15-8-9-17(18(25)10-15)24(30,31)32/h4-12H,2-3H2,1H3/b23-22+. The molecule has 3 aromatic rings. The summed E-state index contributed by atoms with van der Waals surface area (Å²) in [5.41, 5.74) is -2.39. The molecule has 0 unspecified atom stereocenters. The van der Waals surface area contributed by atoms with Gasteiger partial charge in [-0.25, -0.2) is 22.0 Å².